The molecule has 184 valence electrons. The molecule has 0 aliphatic carbocycles. The van der Waals surface area contributed by atoms with Gasteiger partial charge in [0.05, 0.1) is 19.8 Å². The van der Waals surface area contributed by atoms with Gasteiger partial charge in [-0.15, -0.1) is 0 Å². The van der Waals surface area contributed by atoms with Gasteiger partial charge in [0, 0.05) is 44.3 Å². The molecule has 2 saturated heterocycles. The molecule has 1 aromatic rings. The predicted molar refractivity (Wildman–Crippen MR) is 126 cm³/mol. The Morgan fingerprint density at radius 2 is 1.79 bits per heavy atom. The van der Waals surface area contributed by atoms with Crippen molar-refractivity contribution in [3.8, 4) is 0 Å². The lowest BCUT2D eigenvalue weighted by Gasteiger charge is -2.47. The lowest BCUT2D eigenvalue weighted by molar-refractivity contribution is -0.148. The van der Waals surface area contributed by atoms with E-state index in [4.69, 9.17) is 14.2 Å². The summed E-state index contributed by atoms with van der Waals surface area (Å²) in [6.45, 7) is 14.3. The molecule has 0 spiro atoms. The zero-order valence-electron chi connectivity index (χ0n) is 20.7. The summed E-state index contributed by atoms with van der Waals surface area (Å²) < 4.78 is 16.8. The van der Waals surface area contributed by atoms with Crippen molar-refractivity contribution in [1.29, 1.82) is 0 Å². The molecule has 1 unspecified atom stereocenters. The van der Waals surface area contributed by atoms with Gasteiger partial charge in [-0.25, -0.2) is 4.79 Å². The molecule has 2 aliphatic rings. The molecule has 3 atom stereocenters. The normalized spacial score (nSPS) is 25.0. The van der Waals surface area contributed by atoms with Crippen LogP contribution in [0.15, 0.2) is 30.3 Å². The third-order valence-electron chi connectivity index (χ3n) is 6.11. The number of esters is 1. The summed E-state index contributed by atoms with van der Waals surface area (Å²) in [5.41, 5.74) is 0.413. The molecule has 0 radical (unpaired) electrons. The van der Waals surface area contributed by atoms with E-state index in [-0.39, 0.29) is 37.3 Å². The van der Waals surface area contributed by atoms with Crippen LogP contribution in [0.1, 0.15) is 40.2 Å². The molecule has 2 aliphatic heterocycles. The van der Waals surface area contributed by atoms with Crippen LogP contribution in [0.25, 0.3) is 0 Å². The highest BCUT2D eigenvalue weighted by Gasteiger charge is 2.38. The first-order valence-corrected chi connectivity index (χ1v) is 11.9. The summed E-state index contributed by atoms with van der Waals surface area (Å²) in [4.78, 5) is 31.9. The Morgan fingerprint density at radius 1 is 1.06 bits per heavy atom. The number of amides is 1. The minimum atomic E-state index is -0.552. The summed E-state index contributed by atoms with van der Waals surface area (Å²) in [7, 11) is 0. The zero-order chi connectivity index (χ0) is 24.0. The molecular weight excluding hydrogens is 422 g/mol. The first-order valence-electron chi connectivity index (χ1n) is 11.9. The van der Waals surface area contributed by atoms with E-state index in [2.05, 4.69) is 16.7 Å². The van der Waals surface area contributed by atoms with E-state index in [0.29, 0.717) is 32.3 Å². The van der Waals surface area contributed by atoms with Gasteiger partial charge in [-0.05, 0) is 40.2 Å². The Labute approximate surface area is 197 Å². The maximum atomic E-state index is 12.9. The third kappa shape index (κ3) is 7.69. The van der Waals surface area contributed by atoms with Crippen LogP contribution in [-0.2, 0) is 25.6 Å². The van der Waals surface area contributed by atoms with E-state index in [9.17, 15) is 9.59 Å². The predicted octanol–water partition coefficient (Wildman–Crippen LogP) is 2.76. The number of hydrogen-bond acceptors (Lipinski definition) is 7. The maximum Gasteiger partial charge on any atom is 0.410 e. The SMILES string of the molecule is CC1CN(CC(=O)OCc2ccccc2)[C@@H](CN2CCOC[C@H]2C)CN1C(=O)OC(C)(C)C. The fourth-order valence-corrected chi connectivity index (χ4v) is 4.30. The summed E-state index contributed by atoms with van der Waals surface area (Å²) in [5, 5.41) is 0. The molecule has 3 rings (SSSR count). The van der Waals surface area contributed by atoms with Crippen molar-refractivity contribution in [2.75, 3.05) is 45.9 Å². The minimum Gasteiger partial charge on any atom is -0.460 e. The highest BCUT2D eigenvalue weighted by Crippen LogP contribution is 2.21. The van der Waals surface area contributed by atoms with E-state index < -0.39 is 5.60 Å². The average Bonchev–Trinajstić information content (AvgIpc) is 2.75. The molecule has 8 nitrogen and oxygen atoms in total. The minimum absolute atomic E-state index is 0.00135. The van der Waals surface area contributed by atoms with E-state index in [0.717, 1.165) is 18.7 Å². The van der Waals surface area contributed by atoms with Crippen LogP contribution < -0.4 is 0 Å². The second kappa shape index (κ2) is 11.3. The Morgan fingerprint density at radius 3 is 2.45 bits per heavy atom. The molecule has 0 bridgehead atoms. The van der Waals surface area contributed by atoms with Gasteiger partial charge < -0.3 is 19.1 Å². The van der Waals surface area contributed by atoms with Crippen LogP contribution >= 0.6 is 0 Å². The van der Waals surface area contributed by atoms with Crippen LogP contribution in [0.3, 0.4) is 0 Å². The monoisotopic (exact) mass is 461 g/mol. The van der Waals surface area contributed by atoms with E-state index in [1.807, 2.05) is 58.0 Å². The number of rotatable bonds is 6. The topological polar surface area (TPSA) is 71.6 Å². The van der Waals surface area contributed by atoms with E-state index in [1.165, 1.54) is 0 Å². The highest BCUT2D eigenvalue weighted by atomic mass is 16.6. The lowest BCUT2D eigenvalue weighted by Crippen LogP contribution is -2.63. The summed E-state index contributed by atoms with van der Waals surface area (Å²) >= 11 is 0. The van der Waals surface area contributed by atoms with Crippen molar-refractivity contribution in [2.45, 2.75) is 65.0 Å². The quantitative estimate of drug-likeness (QED) is 0.603. The molecule has 8 heteroatoms. The Hall–Kier alpha value is -2.16. The summed E-state index contributed by atoms with van der Waals surface area (Å²) in [6, 6.07) is 9.91. The molecule has 33 heavy (non-hydrogen) atoms. The van der Waals surface area contributed by atoms with Crippen LogP contribution in [0.2, 0.25) is 0 Å². The van der Waals surface area contributed by atoms with Crippen molar-refractivity contribution in [1.82, 2.24) is 14.7 Å². The molecule has 2 fully saturated rings. The zero-order valence-corrected chi connectivity index (χ0v) is 20.7. The standard InChI is InChI=1S/C25H39N3O5/c1-19-13-27(16-23(29)32-18-21-9-7-6-8-10-21)22(14-26-11-12-31-17-20(26)2)15-28(19)24(30)33-25(3,4)5/h6-10,19-20,22H,11-18H2,1-5H3/t19?,20-,22+/m1/s1. The Bertz CT molecular complexity index is 782. The first-order chi connectivity index (χ1) is 15.6. The fraction of sp³-hybridized carbons (Fsp3) is 0.680. The van der Waals surface area contributed by atoms with Gasteiger partial charge in [0.25, 0.3) is 0 Å². The summed E-state index contributed by atoms with van der Waals surface area (Å²) in [6.07, 6.45) is -0.304. The molecular formula is C25H39N3O5. The maximum absolute atomic E-state index is 12.9. The smallest absolute Gasteiger partial charge is 0.410 e. The molecule has 1 amide bonds. The molecule has 0 aromatic heterocycles. The Balaban J connectivity index is 1.67. The number of carbonyl (C=O) groups excluding carboxylic acids is 2. The summed E-state index contributed by atoms with van der Waals surface area (Å²) in [5.74, 6) is -0.253. The van der Waals surface area contributed by atoms with Gasteiger partial charge in [0.1, 0.15) is 12.2 Å². The molecule has 0 N–H and O–H groups in total. The van der Waals surface area contributed by atoms with Crippen molar-refractivity contribution >= 4 is 12.1 Å². The molecule has 1 aromatic carbocycles. The Kier molecular flexibility index (Phi) is 8.73. The highest BCUT2D eigenvalue weighted by molar-refractivity contribution is 5.72. The number of morpholine rings is 1. The van der Waals surface area contributed by atoms with Crippen LogP contribution in [0, 0.1) is 0 Å². The second-order valence-electron chi connectivity index (χ2n) is 10.1. The molecule has 2 heterocycles. The van der Waals surface area contributed by atoms with E-state index in [1.54, 1.807) is 4.90 Å². The molecule has 0 saturated carbocycles. The van der Waals surface area contributed by atoms with Gasteiger partial charge >= 0.3 is 12.1 Å². The van der Waals surface area contributed by atoms with Gasteiger partial charge in [-0.1, -0.05) is 30.3 Å². The van der Waals surface area contributed by atoms with Gasteiger partial charge in [0.15, 0.2) is 0 Å². The fourth-order valence-electron chi connectivity index (χ4n) is 4.30. The van der Waals surface area contributed by atoms with Crippen molar-refractivity contribution in [2.24, 2.45) is 0 Å². The number of carbonyl (C=O) groups is 2. The van der Waals surface area contributed by atoms with Gasteiger partial charge in [-0.3, -0.25) is 14.6 Å². The van der Waals surface area contributed by atoms with Crippen molar-refractivity contribution in [3.63, 3.8) is 0 Å². The second-order valence-corrected chi connectivity index (χ2v) is 10.1. The van der Waals surface area contributed by atoms with Crippen molar-refractivity contribution in [3.05, 3.63) is 35.9 Å². The van der Waals surface area contributed by atoms with E-state index >= 15 is 0 Å². The van der Waals surface area contributed by atoms with Crippen LogP contribution in [-0.4, -0.2) is 96.4 Å². The van der Waals surface area contributed by atoms with Gasteiger partial charge in [-0.2, -0.15) is 0 Å². The van der Waals surface area contributed by atoms with Crippen molar-refractivity contribution < 1.29 is 23.8 Å². The number of nitrogens with zero attached hydrogens (tertiary/aromatic N) is 3. The number of ether oxygens (including phenoxy) is 3. The first kappa shape index (κ1) is 25.5. The van der Waals surface area contributed by atoms with Crippen LogP contribution in [0.4, 0.5) is 4.79 Å². The number of piperazine rings is 1. The average molecular weight is 462 g/mol. The lowest BCUT2D eigenvalue weighted by atomic mass is 10.1. The number of benzene rings is 1. The third-order valence-corrected chi connectivity index (χ3v) is 6.11. The largest absolute Gasteiger partial charge is 0.460 e. The van der Waals surface area contributed by atoms with Crippen LogP contribution in [0.5, 0.6) is 0 Å². The number of hydrogen-bond donors (Lipinski definition) is 0. The van der Waals surface area contributed by atoms with Gasteiger partial charge in [0.2, 0.25) is 0 Å².